The van der Waals surface area contributed by atoms with Crippen LogP contribution in [0.1, 0.15) is 22.6 Å². The Balaban J connectivity index is 2.03. The van der Waals surface area contributed by atoms with Crippen LogP contribution in [0.2, 0.25) is 5.02 Å². The molecule has 0 spiro atoms. The van der Waals surface area contributed by atoms with E-state index in [9.17, 15) is 0 Å². The van der Waals surface area contributed by atoms with E-state index in [1.54, 1.807) is 11.8 Å². The third-order valence-electron chi connectivity index (χ3n) is 3.94. The van der Waals surface area contributed by atoms with Gasteiger partial charge in [0.1, 0.15) is 0 Å². The van der Waals surface area contributed by atoms with Crippen LogP contribution in [0.4, 0.5) is 0 Å². The monoisotopic (exact) mass is 353 g/mol. The maximum absolute atomic E-state index is 6.66. The van der Waals surface area contributed by atoms with Crippen molar-refractivity contribution in [3.05, 3.63) is 101 Å². The molecule has 0 bridgehead atoms. The minimum Gasteiger partial charge on any atom is -0.330 e. The minimum atomic E-state index is 0.133. The molecule has 122 valence electrons. The van der Waals surface area contributed by atoms with Crippen molar-refractivity contribution in [1.29, 1.82) is 0 Å². The molecule has 3 aromatic carbocycles. The van der Waals surface area contributed by atoms with Crippen molar-refractivity contribution < 1.29 is 0 Å². The number of halogens is 1. The Kier molecular flexibility index (Phi) is 5.97. The molecule has 0 aliphatic rings. The van der Waals surface area contributed by atoms with Gasteiger partial charge in [-0.2, -0.15) is 0 Å². The van der Waals surface area contributed by atoms with Gasteiger partial charge in [-0.05, 0) is 28.8 Å². The fraction of sp³-hybridized carbons (Fsp3) is 0.143. The summed E-state index contributed by atoms with van der Waals surface area (Å²) in [6.45, 7) is 0.667. The van der Waals surface area contributed by atoms with Gasteiger partial charge < -0.3 is 5.73 Å². The van der Waals surface area contributed by atoms with Crippen LogP contribution in [0.5, 0.6) is 0 Å². The maximum atomic E-state index is 6.66. The summed E-state index contributed by atoms with van der Waals surface area (Å²) in [4.78, 5) is 1.16. The lowest BCUT2D eigenvalue weighted by Gasteiger charge is -2.20. The molecule has 0 fully saturated rings. The third-order valence-corrected chi connectivity index (χ3v) is 5.29. The molecular formula is C21H20ClNS. The van der Waals surface area contributed by atoms with E-state index in [2.05, 4.69) is 66.7 Å². The smallest absolute Gasteiger partial charge is 0.0458 e. The van der Waals surface area contributed by atoms with Gasteiger partial charge in [0, 0.05) is 28.1 Å². The summed E-state index contributed by atoms with van der Waals surface area (Å²) in [5.74, 6) is 1.03. The second-order valence-electron chi connectivity index (χ2n) is 5.57. The highest BCUT2D eigenvalue weighted by Crippen LogP contribution is 2.37. The first-order valence-corrected chi connectivity index (χ1v) is 9.38. The van der Waals surface area contributed by atoms with Gasteiger partial charge in [0.05, 0.1) is 0 Å². The second kappa shape index (κ2) is 8.39. The standard InChI is InChI=1S/C21H20ClNS/c22-20-15-18(24-14-13-23)11-12-19(20)21(16-7-3-1-4-8-16)17-9-5-2-6-10-17/h1-12,15,21H,13-14,23H2. The van der Waals surface area contributed by atoms with Crippen LogP contribution in [0.3, 0.4) is 0 Å². The maximum Gasteiger partial charge on any atom is 0.0458 e. The van der Waals surface area contributed by atoms with Crippen molar-refractivity contribution in [2.75, 3.05) is 12.3 Å². The number of nitrogens with two attached hydrogens (primary N) is 1. The van der Waals surface area contributed by atoms with Gasteiger partial charge in [-0.25, -0.2) is 0 Å². The van der Waals surface area contributed by atoms with Crippen molar-refractivity contribution in [1.82, 2.24) is 0 Å². The molecule has 0 heterocycles. The Morgan fingerprint density at radius 3 is 1.92 bits per heavy atom. The first-order chi connectivity index (χ1) is 11.8. The Morgan fingerprint density at radius 2 is 1.42 bits per heavy atom. The molecule has 0 aliphatic carbocycles. The van der Waals surface area contributed by atoms with E-state index in [1.165, 1.54) is 11.1 Å². The molecule has 0 aromatic heterocycles. The van der Waals surface area contributed by atoms with Crippen molar-refractivity contribution >= 4 is 23.4 Å². The molecule has 0 saturated heterocycles. The van der Waals surface area contributed by atoms with E-state index >= 15 is 0 Å². The molecule has 0 amide bonds. The van der Waals surface area contributed by atoms with E-state index in [0.29, 0.717) is 6.54 Å². The molecule has 3 heteroatoms. The van der Waals surface area contributed by atoms with Gasteiger partial charge in [0.25, 0.3) is 0 Å². The fourth-order valence-corrected chi connectivity index (χ4v) is 3.92. The van der Waals surface area contributed by atoms with Gasteiger partial charge in [-0.15, -0.1) is 11.8 Å². The average molecular weight is 354 g/mol. The molecule has 0 atom stereocenters. The zero-order chi connectivity index (χ0) is 16.8. The summed E-state index contributed by atoms with van der Waals surface area (Å²) in [6, 6.07) is 27.3. The largest absolute Gasteiger partial charge is 0.330 e. The Hall–Kier alpha value is -1.74. The molecule has 0 saturated carbocycles. The zero-order valence-corrected chi connectivity index (χ0v) is 14.9. The van der Waals surface area contributed by atoms with E-state index in [0.717, 1.165) is 21.2 Å². The van der Waals surface area contributed by atoms with E-state index in [-0.39, 0.29) is 5.92 Å². The molecule has 1 nitrogen and oxygen atoms in total. The van der Waals surface area contributed by atoms with Crippen LogP contribution in [0.25, 0.3) is 0 Å². The molecule has 0 radical (unpaired) electrons. The highest BCUT2D eigenvalue weighted by Gasteiger charge is 2.19. The summed E-state index contributed by atoms with van der Waals surface area (Å²) in [5, 5.41) is 0.801. The zero-order valence-electron chi connectivity index (χ0n) is 13.4. The van der Waals surface area contributed by atoms with Crippen LogP contribution < -0.4 is 5.73 Å². The fourth-order valence-electron chi connectivity index (χ4n) is 2.85. The highest BCUT2D eigenvalue weighted by molar-refractivity contribution is 7.99. The number of hydrogen-bond donors (Lipinski definition) is 1. The molecule has 0 aliphatic heterocycles. The summed E-state index contributed by atoms with van der Waals surface area (Å²) < 4.78 is 0. The molecule has 3 aromatic rings. The van der Waals surface area contributed by atoms with Gasteiger partial charge in [-0.3, -0.25) is 0 Å². The van der Waals surface area contributed by atoms with Gasteiger partial charge in [0.2, 0.25) is 0 Å². The third kappa shape index (κ3) is 4.02. The molecule has 3 rings (SSSR count). The number of hydrogen-bond acceptors (Lipinski definition) is 2. The SMILES string of the molecule is NCCSc1ccc(C(c2ccccc2)c2ccccc2)c(Cl)c1. The Morgan fingerprint density at radius 1 is 0.833 bits per heavy atom. The average Bonchev–Trinajstić information content (AvgIpc) is 2.64. The van der Waals surface area contributed by atoms with E-state index in [4.69, 9.17) is 17.3 Å². The predicted molar refractivity (Wildman–Crippen MR) is 105 cm³/mol. The van der Waals surface area contributed by atoms with Crippen molar-refractivity contribution in [2.24, 2.45) is 5.73 Å². The summed E-state index contributed by atoms with van der Waals surface area (Å²) in [6.07, 6.45) is 0. The number of rotatable bonds is 6. The van der Waals surface area contributed by atoms with Crippen LogP contribution in [0, 0.1) is 0 Å². The van der Waals surface area contributed by atoms with E-state index < -0.39 is 0 Å². The van der Waals surface area contributed by atoms with Crippen LogP contribution in [-0.2, 0) is 0 Å². The van der Waals surface area contributed by atoms with Crippen molar-refractivity contribution in [2.45, 2.75) is 10.8 Å². The summed E-state index contributed by atoms with van der Waals surface area (Å²) in [7, 11) is 0. The van der Waals surface area contributed by atoms with E-state index in [1.807, 2.05) is 12.1 Å². The number of benzene rings is 3. The van der Waals surface area contributed by atoms with Crippen molar-refractivity contribution in [3.8, 4) is 0 Å². The first-order valence-electron chi connectivity index (χ1n) is 8.02. The van der Waals surface area contributed by atoms with Crippen LogP contribution in [0.15, 0.2) is 83.8 Å². The van der Waals surface area contributed by atoms with Crippen LogP contribution in [-0.4, -0.2) is 12.3 Å². The summed E-state index contributed by atoms with van der Waals surface area (Å²) >= 11 is 8.40. The first kappa shape index (κ1) is 17.1. The van der Waals surface area contributed by atoms with Crippen LogP contribution >= 0.6 is 23.4 Å². The lowest BCUT2D eigenvalue weighted by Crippen LogP contribution is -2.04. The highest BCUT2D eigenvalue weighted by atomic mass is 35.5. The molecule has 24 heavy (non-hydrogen) atoms. The lowest BCUT2D eigenvalue weighted by atomic mass is 9.85. The Labute approximate surface area is 152 Å². The molecule has 0 unspecified atom stereocenters. The predicted octanol–water partition coefficient (Wildman–Crippen LogP) is 5.57. The van der Waals surface area contributed by atoms with Gasteiger partial charge in [-0.1, -0.05) is 78.3 Å². The quantitative estimate of drug-likeness (QED) is 0.463. The van der Waals surface area contributed by atoms with Gasteiger partial charge >= 0.3 is 0 Å². The lowest BCUT2D eigenvalue weighted by molar-refractivity contribution is 0.974. The van der Waals surface area contributed by atoms with Gasteiger partial charge in [0.15, 0.2) is 0 Å². The molecular weight excluding hydrogens is 334 g/mol. The summed E-state index contributed by atoms with van der Waals surface area (Å²) in [5.41, 5.74) is 9.21. The topological polar surface area (TPSA) is 26.0 Å². The van der Waals surface area contributed by atoms with Crippen molar-refractivity contribution in [3.63, 3.8) is 0 Å². The normalized spacial score (nSPS) is 11.0. The molecule has 2 N–H and O–H groups in total. The minimum absolute atomic E-state index is 0.133. The Bertz CT molecular complexity index is 735. The second-order valence-corrected chi connectivity index (χ2v) is 7.15. The number of thioether (sulfide) groups is 1.